The molecule has 3 aromatic rings. The first-order chi connectivity index (χ1) is 13.9. The molecular weight excluding hydrogens is 461 g/mol. The summed E-state index contributed by atoms with van der Waals surface area (Å²) in [4.78, 5) is 28.7. The van der Waals surface area contributed by atoms with Gasteiger partial charge >= 0.3 is 4.87 Å². The zero-order chi connectivity index (χ0) is 20.5. The summed E-state index contributed by atoms with van der Waals surface area (Å²) >= 11 is 4.24. The van der Waals surface area contributed by atoms with E-state index >= 15 is 0 Å². The zero-order valence-corrected chi connectivity index (χ0v) is 17.1. The standard InChI is InChI=1S/C20H13BrFN3O3S/c21-12-4-5-16-15(7-12)11(9-23-16)6-17-19(27)25(20(28)29-17)10-18(26)24-14-3-1-2-13(22)8-14/h1-9,27H,10H2,(H,24,26). The van der Waals surface area contributed by atoms with Crippen LogP contribution in [-0.2, 0) is 11.3 Å². The van der Waals surface area contributed by atoms with Crippen LogP contribution in [0.2, 0.25) is 0 Å². The van der Waals surface area contributed by atoms with E-state index in [0.717, 1.165) is 37.2 Å². The molecule has 2 N–H and O–H groups in total. The number of aliphatic imine (C=N–C) groups is 1. The third kappa shape index (κ3) is 4.06. The minimum atomic E-state index is -0.554. The fourth-order valence-corrected chi connectivity index (χ4v) is 4.07. The Kier molecular flexibility index (Phi) is 5.16. The summed E-state index contributed by atoms with van der Waals surface area (Å²) < 4.78 is 15.1. The van der Waals surface area contributed by atoms with Gasteiger partial charge in [-0.15, -0.1) is 0 Å². The lowest BCUT2D eigenvalue weighted by Gasteiger charge is -2.06. The van der Waals surface area contributed by atoms with Crippen LogP contribution in [0.15, 0.2) is 56.7 Å². The van der Waals surface area contributed by atoms with Crippen LogP contribution in [0.4, 0.5) is 15.8 Å². The maximum absolute atomic E-state index is 13.2. The number of anilines is 1. The number of amides is 1. The quantitative estimate of drug-likeness (QED) is 0.588. The third-order valence-corrected chi connectivity index (χ3v) is 5.61. The fourth-order valence-electron chi connectivity index (χ4n) is 2.88. The van der Waals surface area contributed by atoms with Gasteiger partial charge in [-0.2, -0.15) is 0 Å². The van der Waals surface area contributed by atoms with Gasteiger partial charge in [-0.3, -0.25) is 19.1 Å². The minimum absolute atomic E-state index is 0.268. The number of hydrogen-bond acceptors (Lipinski definition) is 5. The molecule has 2 aromatic carbocycles. The van der Waals surface area contributed by atoms with Crippen LogP contribution >= 0.6 is 27.3 Å². The maximum atomic E-state index is 13.2. The van der Waals surface area contributed by atoms with Crippen molar-refractivity contribution in [1.29, 1.82) is 0 Å². The van der Waals surface area contributed by atoms with E-state index in [1.807, 2.05) is 18.2 Å². The van der Waals surface area contributed by atoms with Crippen molar-refractivity contribution in [3.8, 4) is 5.88 Å². The summed E-state index contributed by atoms with van der Waals surface area (Å²) in [6, 6.07) is 11.1. The molecule has 0 spiro atoms. The van der Waals surface area contributed by atoms with E-state index in [-0.39, 0.29) is 11.6 Å². The monoisotopic (exact) mass is 473 g/mol. The third-order valence-electron chi connectivity index (χ3n) is 4.20. The van der Waals surface area contributed by atoms with Crippen LogP contribution < -0.4 is 10.2 Å². The highest BCUT2D eigenvalue weighted by Gasteiger charge is 2.18. The molecule has 146 valence electrons. The van der Waals surface area contributed by atoms with Crippen molar-refractivity contribution in [2.24, 2.45) is 4.99 Å². The Labute approximate surface area is 176 Å². The lowest BCUT2D eigenvalue weighted by atomic mass is 10.1. The lowest BCUT2D eigenvalue weighted by molar-refractivity contribution is -0.116. The minimum Gasteiger partial charge on any atom is -0.493 e. The Bertz CT molecular complexity index is 1250. The van der Waals surface area contributed by atoms with Crippen LogP contribution in [0.5, 0.6) is 5.88 Å². The van der Waals surface area contributed by atoms with E-state index in [1.165, 1.54) is 24.3 Å². The molecule has 1 aliphatic heterocycles. The van der Waals surface area contributed by atoms with Gasteiger partial charge in [0.1, 0.15) is 12.4 Å². The van der Waals surface area contributed by atoms with Gasteiger partial charge < -0.3 is 10.4 Å². The van der Waals surface area contributed by atoms with Gasteiger partial charge in [-0.25, -0.2) is 4.39 Å². The predicted molar refractivity (Wildman–Crippen MR) is 115 cm³/mol. The molecule has 29 heavy (non-hydrogen) atoms. The van der Waals surface area contributed by atoms with Crippen LogP contribution in [0.3, 0.4) is 0 Å². The summed E-state index contributed by atoms with van der Waals surface area (Å²) in [6.07, 6.45) is 3.31. The van der Waals surface area contributed by atoms with Gasteiger partial charge in [0.25, 0.3) is 0 Å². The average Bonchev–Trinajstić information content (AvgIpc) is 3.17. The summed E-state index contributed by atoms with van der Waals surface area (Å²) in [5.41, 5.74) is 2.67. The lowest BCUT2D eigenvalue weighted by Crippen LogP contribution is -2.24. The molecule has 0 fully saturated rings. The Morgan fingerprint density at radius 1 is 1.31 bits per heavy atom. The Morgan fingerprint density at radius 3 is 2.93 bits per heavy atom. The number of thiazole rings is 1. The second kappa shape index (κ2) is 7.76. The van der Waals surface area contributed by atoms with E-state index in [9.17, 15) is 19.1 Å². The molecule has 4 rings (SSSR count). The van der Waals surface area contributed by atoms with E-state index in [1.54, 1.807) is 12.3 Å². The molecule has 1 aromatic heterocycles. The number of aromatic nitrogens is 1. The van der Waals surface area contributed by atoms with Gasteiger partial charge in [0, 0.05) is 27.5 Å². The molecule has 9 heteroatoms. The number of nitrogens with one attached hydrogen (secondary N) is 1. The van der Waals surface area contributed by atoms with Crippen molar-refractivity contribution in [3.63, 3.8) is 0 Å². The van der Waals surface area contributed by atoms with E-state index in [4.69, 9.17) is 0 Å². The molecule has 1 amide bonds. The summed E-state index contributed by atoms with van der Waals surface area (Å²) in [7, 11) is 0. The number of carbonyl (C=O) groups excluding carboxylic acids is 1. The molecule has 0 unspecified atom stereocenters. The second-order valence-corrected chi connectivity index (χ2v) is 8.13. The number of aromatic hydroxyl groups is 1. The molecule has 6 nitrogen and oxygen atoms in total. The molecular formula is C20H13BrFN3O3S. The van der Waals surface area contributed by atoms with Gasteiger partial charge in [-0.1, -0.05) is 33.3 Å². The van der Waals surface area contributed by atoms with Crippen LogP contribution in [0.1, 0.15) is 10.4 Å². The number of fused-ring (bicyclic) bond motifs is 1. The highest BCUT2D eigenvalue weighted by Crippen LogP contribution is 2.36. The first kappa shape index (κ1) is 19.3. The van der Waals surface area contributed by atoms with Gasteiger partial charge in [0.15, 0.2) is 0 Å². The molecule has 0 bridgehead atoms. The molecule has 2 heterocycles. The van der Waals surface area contributed by atoms with E-state index < -0.39 is 23.1 Å². The van der Waals surface area contributed by atoms with Crippen molar-refractivity contribution in [2.75, 3.05) is 5.32 Å². The highest BCUT2D eigenvalue weighted by molar-refractivity contribution is 9.10. The van der Waals surface area contributed by atoms with Gasteiger partial charge in [0.2, 0.25) is 11.8 Å². The summed E-state index contributed by atoms with van der Waals surface area (Å²) in [5, 5.41) is 13.0. The molecule has 0 saturated carbocycles. The van der Waals surface area contributed by atoms with Crippen molar-refractivity contribution >= 4 is 62.4 Å². The Balaban J connectivity index is 1.58. The normalized spacial score (nSPS) is 13.7. The SMILES string of the molecule is O=C(Cn1c(O)c(C=C2C=Nc3ccc(Br)cc32)sc1=O)Nc1cccc(F)c1. The number of halogens is 2. The number of benzene rings is 2. The number of nitrogens with zero attached hydrogens (tertiary/aromatic N) is 2. The Morgan fingerprint density at radius 2 is 2.14 bits per heavy atom. The number of hydrogen-bond donors (Lipinski definition) is 2. The highest BCUT2D eigenvalue weighted by atomic mass is 79.9. The van der Waals surface area contributed by atoms with Crippen molar-refractivity contribution in [2.45, 2.75) is 6.54 Å². The fraction of sp³-hybridized carbons (Fsp3) is 0.0500. The van der Waals surface area contributed by atoms with Crippen molar-refractivity contribution in [3.05, 3.63) is 72.9 Å². The molecule has 1 aliphatic rings. The van der Waals surface area contributed by atoms with Crippen molar-refractivity contribution < 1.29 is 14.3 Å². The molecule has 0 radical (unpaired) electrons. The van der Waals surface area contributed by atoms with E-state index in [2.05, 4.69) is 26.2 Å². The zero-order valence-electron chi connectivity index (χ0n) is 14.7. The van der Waals surface area contributed by atoms with E-state index in [0.29, 0.717) is 4.88 Å². The number of carbonyl (C=O) groups is 1. The van der Waals surface area contributed by atoms with Crippen LogP contribution in [0, 0.1) is 5.82 Å². The maximum Gasteiger partial charge on any atom is 0.311 e. The first-order valence-corrected chi connectivity index (χ1v) is 10.1. The van der Waals surface area contributed by atoms with Crippen LogP contribution in [-0.4, -0.2) is 21.8 Å². The Hall–Kier alpha value is -3.04. The number of allylic oxidation sites excluding steroid dienone is 1. The molecule has 0 atom stereocenters. The number of rotatable bonds is 4. The van der Waals surface area contributed by atoms with Crippen LogP contribution in [0.25, 0.3) is 11.6 Å². The van der Waals surface area contributed by atoms with Gasteiger partial charge in [0.05, 0.1) is 10.6 Å². The molecule has 0 aliphatic carbocycles. The average molecular weight is 474 g/mol. The van der Waals surface area contributed by atoms with Crippen molar-refractivity contribution in [1.82, 2.24) is 4.57 Å². The topological polar surface area (TPSA) is 83.7 Å². The summed E-state index contributed by atoms with van der Waals surface area (Å²) in [6.45, 7) is -0.392. The van der Waals surface area contributed by atoms with Gasteiger partial charge in [-0.05, 0) is 42.5 Å². The molecule has 0 saturated heterocycles. The summed E-state index contributed by atoms with van der Waals surface area (Å²) in [5.74, 6) is -1.35. The largest absolute Gasteiger partial charge is 0.493 e. The predicted octanol–water partition coefficient (Wildman–Crippen LogP) is 4.41. The smallest absolute Gasteiger partial charge is 0.311 e. The second-order valence-electron chi connectivity index (χ2n) is 6.22. The first-order valence-electron chi connectivity index (χ1n) is 8.44.